The molecule has 1 aromatic carbocycles. The van der Waals surface area contributed by atoms with E-state index in [0.717, 1.165) is 11.4 Å². The summed E-state index contributed by atoms with van der Waals surface area (Å²) in [7, 11) is 0. The number of imidazole rings is 1. The van der Waals surface area contributed by atoms with E-state index < -0.39 is 0 Å². The second-order valence-corrected chi connectivity index (χ2v) is 3.53. The molecule has 2 N–H and O–H groups in total. The first kappa shape index (κ1) is 8.96. The van der Waals surface area contributed by atoms with Crippen molar-refractivity contribution >= 4 is 17.5 Å². The van der Waals surface area contributed by atoms with Crippen LogP contribution in [0.4, 0.5) is 16.3 Å². The summed E-state index contributed by atoms with van der Waals surface area (Å²) in [5.74, 6) is 0.676. The molecule has 0 atom stereocenters. The number of H-pyrrole nitrogens is 1. The molecule has 1 aliphatic heterocycles. The van der Waals surface area contributed by atoms with Crippen molar-refractivity contribution in [2.45, 2.75) is 6.54 Å². The number of urea groups is 1. The largest absolute Gasteiger partial charge is 0.345 e. The van der Waals surface area contributed by atoms with Gasteiger partial charge in [0.25, 0.3) is 0 Å². The van der Waals surface area contributed by atoms with E-state index in [-0.39, 0.29) is 6.03 Å². The van der Waals surface area contributed by atoms with Crippen LogP contribution in [0.15, 0.2) is 36.7 Å². The van der Waals surface area contributed by atoms with Gasteiger partial charge < -0.3 is 10.3 Å². The van der Waals surface area contributed by atoms with Crippen LogP contribution in [0.3, 0.4) is 0 Å². The molecule has 0 radical (unpaired) electrons. The Labute approximate surface area is 92.1 Å². The van der Waals surface area contributed by atoms with E-state index in [1.807, 2.05) is 30.3 Å². The molecule has 2 aromatic rings. The predicted octanol–water partition coefficient (Wildman–Crippen LogP) is 1.77. The SMILES string of the molecule is O=C1NCc2[nH]cnc2N1c1ccccc1. The summed E-state index contributed by atoms with van der Waals surface area (Å²) in [5, 5.41) is 2.79. The molecule has 3 rings (SSSR count). The Balaban J connectivity index is 2.11. The molecule has 0 saturated carbocycles. The van der Waals surface area contributed by atoms with Gasteiger partial charge in [0.05, 0.1) is 24.3 Å². The molecule has 16 heavy (non-hydrogen) atoms. The van der Waals surface area contributed by atoms with Gasteiger partial charge in [-0.3, -0.25) is 0 Å². The number of rotatable bonds is 1. The number of aromatic amines is 1. The van der Waals surface area contributed by atoms with Crippen molar-refractivity contribution in [3.63, 3.8) is 0 Å². The molecule has 2 heterocycles. The summed E-state index contributed by atoms with van der Waals surface area (Å²) in [5.41, 5.74) is 1.73. The molecule has 0 aliphatic carbocycles. The number of carbonyl (C=O) groups is 1. The van der Waals surface area contributed by atoms with E-state index in [2.05, 4.69) is 15.3 Å². The molecular weight excluding hydrogens is 204 g/mol. The van der Waals surface area contributed by atoms with Gasteiger partial charge >= 0.3 is 6.03 Å². The molecule has 0 bridgehead atoms. The number of nitrogens with zero attached hydrogens (tertiary/aromatic N) is 2. The van der Waals surface area contributed by atoms with Crippen molar-refractivity contribution in [2.24, 2.45) is 0 Å². The van der Waals surface area contributed by atoms with Crippen LogP contribution in [-0.4, -0.2) is 16.0 Å². The van der Waals surface area contributed by atoms with Gasteiger partial charge in [-0.25, -0.2) is 14.7 Å². The summed E-state index contributed by atoms with van der Waals surface area (Å²) >= 11 is 0. The lowest BCUT2D eigenvalue weighted by atomic mass is 10.2. The lowest BCUT2D eigenvalue weighted by molar-refractivity contribution is 0.246. The van der Waals surface area contributed by atoms with Gasteiger partial charge in [-0.15, -0.1) is 0 Å². The molecule has 0 fully saturated rings. The fourth-order valence-electron chi connectivity index (χ4n) is 1.79. The minimum atomic E-state index is -0.147. The third-order valence-corrected chi connectivity index (χ3v) is 2.54. The lowest BCUT2D eigenvalue weighted by Crippen LogP contribution is -2.41. The van der Waals surface area contributed by atoms with Crippen LogP contribution in [0.1, 0.15) is 5.69 Å². The van der Waals surface area contributed by atoms with Gasteiger partial charge in [0.1, 0.15) is 0 Å². The monoisotopic (exact) mass is 214 g/mol. The van der Waals surface area contributed by atoms with Crippen LogP contribution in [-0.2, 0) is 6.54 Å². The summed E-state index contributed by atoms with van der Waals surface area (Å²) in [4.78, 5) is 20.6. The normalized spacial score (nSPS) is 14.5. The second-order valence-electron chi connectivity index (χ2n) is 3.53. The maximum atomic E-state index is 11.8. The van der Waals surface area contributed by atoms with Gasteiger partial charge in [-0.2, -0.15) is 0 Å². The highest BCUT2D eigenvalue weighted by Gasteiger charge is 2.27. The highest BCUT2D eigenvalue weighted by Crippen LogP contribution is 2.28. The number of hydrogen-bond donors (Lipinski definition) is 2. The van der Waals surface area contributed by atoms with Crippen LogP contribution in [0.2, 0.25) is 0 Å². The Bertz CT molecular complexity index is 520. The van der Waals surface area contributed by atoms with Gasteiger partial charge in [-0.05, 0) is 12.1 Å². The van der Waals surface area contributed by atoms with Crippen molar-refractivity contribution in [3.05, 3.63) is 42.4 Å². The molecule has 5 nitrogen and oxygen atoms in total. The molecule has 0 saturated heterocycles. The Morgan fingerprint density at radius 2 is 2.06 bits per heavy atom. The molecule has 80 valence electrons. The van der Waals surface area contributed by atoms with Crippen LogP contribution in [0.25, 0.3) is 0 Å². The molecule has 1 aromatic heterocycles. The van der Waals surface area contributed by atoms with Crippen LogP contribution in [0.5, 0.6) is 0 Å². The predicted molar refractivity (Wildman–Crippen MR) is 59.4 cm³/mol. The van der Waals surface area contributed by atoms with E-state index in [4.69, 9.17) is 0 Å². The van der Waals surface area contributed by atoms with Crippen molar-refractivity contribution in [3.8, 4) is 0 Å². The van der Waals surface area contributed by atoms with E-state index in [9.17, 15) is 4.79 Å². The van der Waals surface area contributed by atoms with Crippen molar-refractivity contribution < 1.29 is 4.79 Å². The van der Waals surface area contributed by atoms with Gasteiger partial charge in [0.2, 0.25) is 0 Å². The van der Waals surface area contributed by atoms with Crippen molar-refractivity contribution in [1.82, 2.24) is 15.3 Å². The zero-order chi connectivity index (χ0) is 11.0. The van der Waals surface area contributed by atoms with Crippen molar-refractivity contribution in [2.75, 3.05) is 4.90 Å². The molecule has 5 heteroatoms. The second kappa shape index (κ2) is 3.37. The van der Waals surface area contributed by atoms with Crippen molar-refractivity contribution in [1.29, 1.82) is 0 Å². The maximum absolute atomic E-state index is 11.8. The van der Waals surface area contributed by atoms with E-state index >= 15 is 0 Å². The smallest absolute Gasteiger partial charge is 0.328 e. The standard InChI is InChI=1S/C11H10N4O/c16-11-12-6-9-10(14-7-13-9)15(11)8-4-2-1-3-5-8/h1-5,7H,6H2,(H,12,16)(H,13,14). The zero-order valence-corrected chi connectivity index (χ0v) is 8.47. The fourth-order valence-corrected chi connectivity index (χ4v) is 1.79. The fraction of sp³-hybridized carbons (Fsp3) is 0.0909. The van der Waals surface area contributed by atoms with E-state index in [0.29, 0.717) is 12.4 Å². The average molecular weight is 214 g/mol. The minimum Gasteiger partial charge on any atom is -0.345 e. The summed E-state index contributed by atoms with van der Waals surface area (Å²) in [6.07, 6.45) is 1.60. The maximum Gasteiger partial charge on any atom is 0.328 e. The molecular formula is C11H10N4O. The first-order valence-electron chi connectivity index (χ1n) is 5.01. The third-order valence-electron chi connectivity index (χ3n) is 2.54. The summed E-state index contributed by atoms with van der Waals surface area (Å²) in [6.45, 7) is 0.498. The molecule has 0 spiro atoms. The highest BCUT2D eigenvalue weighted by atomic mass is 16.2. The topological polar surface area (TPSA) is 61.0 Å². The Morgan fingerprint density at radius 3 is 2.88 bits per heavy atom. The quantitative estimate of drug-likeness (QED) is 0.760. The summed E-state index contributed by atoms with van der Waals surface area (Å²) < 4.78 is 0. The molecule has 1 aliphatic rings. The van der Waals surface area contributed by atoms with E-state index in [1.165, 1.54) is 0 Å². The van der Waals surface area contributed by atoms with Crippen LogP contribution in [0, 0.1) is 0 Å². The Hall–Kier alpha value is -2.30. The average Bonchev–Trinajstić information content (AvgIpc) is 2.78. The van der Waals surface area contributed by atoms with Crippen LogP contribution >= 0.6 is 0 Å². The first-order chi connectivity index (χ1) is 7.86. The number of hydrogen-bond acceptors (Lipinski definition) is 2. The Morgan fingerprint density at radius 1 is 1.25 bits per heavy atom. The molecule has 2 amide bonds. The highest BCUT2D eigenvalue weighted by molar-refractivity contribution is 6.00. The number of aromatic nitrogens is 2. The number of nitrogens with one attached hydrogen (secondary N) is 2. The van der Waals surface area contributed by atoms with E-state index in [1.54, 1.807) is 11.2 Å². The number of amides is 2. The van der Waals surface area contributed by atoms with Crippen LogP contribution < -0.4 is 10.2 Å². The number of para-hydroxylation sites is 1. The zero-order valence-electron chi connectivity index (χ0n) is 8.47. The lowest BCUT2D eigenvalue weighted by Gasteiger charge is -2.26. The summed E-state index contributed by atoms with van der Waals surface area (Å²) in [6, 6.07) is 9.31. The van der Waals surface area contributed by atoms with Gasteiger partial charge in [0, 0.05) is 0 Å². The number of benzene rings is 1. The Kier molecular flexibility index (Phi) is 1.89. The minimum absolute atomic E-state index is 0.147. The number of carbonyl (C=O) groups excluding carboxylic acids is 1. The number of anilines is 2. The van der Waals surface area contributed by atoms with Gasteiger partial charge in [-0.1, -0.05) is 18.2 Å². The first-order valence-corrected chi connectivity index (χ1v) is 5.01. The molecule has 0 unspecified atom stereocenters. The van der Waals surface area contributed by atoms with Gasteiger partial charge in [0.15, 0.2) is 5.82 Å². The number of fused-ring (bicyclic) bond motifs is 1. The third kappa shape index (κ3) is 1.25.